The van der Waals surface area contributed by atoms with Gasteiger partial charge in [-0.2, -0.15) is 0 Å². The van der Waals surface area contributed by atoms with E-state index in [4.69, 9.17) is 5.11 Å². The Kier molecular flexibility index (Phi) is 2.90. The molecule has 3 nitrogen and oxygen atoms in total. The minimum Gasteiger partial charge on any atom is -0.477 e. The van der Waals surface area contributed by atoms with E-state index in [0.29, 0.717) is 12.2 Å². The number of hydrogen-bond acceptors (Lipinski definition) is 1. The van der Waals surface area contributed by atoms with E-state index in [1.807, 2.05) is 13.0 Å². The monoisotopic (exact) mass is 179 g/mol. The molecule has 0 radical (unpaired) electrons. The normalized spacial score (nSPS) is 9.92. The molecule has 0 bridgehead atoms. The molecular formula is C10H13NO2. The third-order valence-corrected chi connectivity index (χ3v) is 1.97. The van der Waals surface area contributed by atoms with E-state index in [0.717, 1.165) is 12.1 Å². The van der Waals surface area contributed by atoms with Gasteiger partial charge in [0.2, 0.25) is 0 Å². The van der Waals surface area contributed by atoms with E-state index in [9.17, 15) is 4.79 Å². The molecule has 0 saturated carbocycles. The van der Waals surface area contributed by atoms with Crippen molar-refractivity contribution in [1.82, 2.24) is 4.57 Å². The van der Waals surface area contributed by atoms with Crippen LogP contribution in [0.25, 0.3) is 0 Å². The molecule has 70 valence electrons. The molecule has 1 heterocycles. The molecule has 3 heteroatoms. The zero-order chi connectivity index (χ0) is 9.84. The van der Waals surface area contributed by atoms with Gasteiger partial charge < -0.3 is 9.67 Å². The molecule has 1 rings (SSSR count). The van der Waals surface area contributed by atoms with Crippen LogP contribution in [-0.2, 0) is 6.54 Å². The Hall–Kier alpha value is -1.51. The Bertz CT molecular complexity index is 326. The fourth-order valence-corrected chi connectivity index (χ4v) is 1.27. The van der Waals surface area contributed by atoms with Crippen LogP contribution in [0.1, 0.15) is 22.6 Å². The summed E-state index contributed by atoms with van der Waals surface area (Å²) >= 11 is 0. The summed E-state index contributed by atoms with van der Waals surface area (Å²) in [5.41, 5.74) is 1.32. The third kappa shape index (κ3) is 1.99. The largest absolute Gasteiger partial charge is 0.477 e. The molecule has 0 unspecified atom stereocenters. The molecule has 13 heavy (non-hydrogen) atoms. The van der Waals surface area contributed by atoms with Crippen molar-refractivity contribution >= 4 is 5.97 Å². The minimum atomic E-state index is -0.878. The fraction of sp³-hybridized carbons (Fsp3) is 0.300. The van der Waals surface area contributed by atoms with Crippen LogP contribution in [0.2, 0.25) is 0 Å². The summed E-state index contributed by atoms with van der Waals surface area (Å²) in [5, 5.41) is 8.83. The maximum atomic E-state index is 10.8. The van der Waals surface area contributed by atoms with Crippen molar-refractivity contribution in [3.05, 3.63) is 36.2 Å². The summed E-state index contributed by atoms with van der Waals surface area (Å²) < 4.78 is 1.78. The Balaban J connectivity index is 2.94. The number of aromatic nitrogens is 1. The Morgan fingerprint density at radius 2 is 2.38 bits per heavy atom. The molecule has 0 amide bonds. The fourth-order valence-electron chi connectivity index (χ4n) is 1.27. The molecule has 0 aliphatic carbocycles. The van der Waals surface area contributed by atoms with Crippen molar-refractivity contribution in [1.29, 1.82) is 0 Å². The average Bonchev–Trinajstić information content (AvgIpc) is 2.43. The molecule has 0 spiro atoms. The number of rotatable bonds is 4. The molecule has 0 saturated heterocycles. The SMILES string of the molecule is C=CCCn1c(C)ccc1C(=O)O. The molecule has 0 fully saturated rings. The van der Waals surface area contributed by atoms with Gasteiger partial charge in [0.15, 0.2) is 0 Å². The number of hydrogen-bond donors (Lipinski definition) is 1. The van der Waals surface area contributed by atoms with Gasteiger partial charge in [0.1, 0.15) is 5.69 Å². The third-order valence-electron chi connectivity index (χ3n) is 1.97. The first kappa shape index (κ1) is 9.58. The van der Waals surface area contributed by atoms with Gasteiger partial charge in [-0.3, -0.25) is 0 Å². The zero-order valence-corrected chi connectivity index (χ0v) is 7.66. The lowest BCUT2D eigenvalue weighted by Gasteiger charge is -2.06. The molecule has 1 aromatic rings. The molecular weight excluding hydrogens is 166 g/mol. The number of carbonyl (C=O) groups is 1. The Morgan fingerprint density at radius 3 is 2.92 bits per heavy atom. The molecule has 1 aromatic heterocycles. The van der Waals surface area contributed by atoms with E-state index in [2.05, 4.69) is 6.58 Å². The van der Waals surface area contributed by atoms with Gasteiger partial charge in [0.05, 0.1) is 0 Å². The first-order chi connectivity index (χ1) is 6.16. The van der Waals surface area contributed by atoms with Crippen molar-refractivity contribution in [3.63, 3.8) is 0 Å². The van der Waals surface area contributed by atoms with Crippen LogP contribution in [0.3, 0.4) is 0 Å². The van der Waals surface area contributed by atoms with Crippen LogP contribution in [0.5, 0.6) is 0 Å². The lowest BCUT2D eigenvalue weighted by Crippen LogP contribution is -2.09. The number of nitrogens with zero attached hydrogens (tertiary/aromatic N) is 1. The topological polar surface area (TPSA) is 42.2 Å². The summed E-state index contributed by atoms with van der Waals surface area (Å²) in [4.78, 5) is 10.8. The van der Waals surface area contributed by atoms with Crippen LogP contribution < -0.4 is 0 Å². The van der Waals surface area contributed by atoms with E-state index in [-0.39, 0.29) is 0 Å². The number of aryl methyl sites for hydroxylation is 1. The second kappa shape index (κ2) is 3.94. The van der Waals surface area contributed by atoms with Gasteiger partial charge in [-0.1, -0.05) is 6.08 Å². The van der Waals surface area contributed by atoms with E-state index in [1.165, 1.54) is 0 Å². The highest BCUT2D eigenvalue weighted by Gasteiger charge is 2.10. The summed E-state index contributed by atoms with van der Waals surface area (Å²) in [6.45, 7) is 6.19. The molecule has 1 N–H and O–H groups in total. The predicted molar refractivity (Wildman–Crippen MR) is 50.9 cm³/mol. The maximum absolute atomic E-state index is 10.8. The van der Waals surface area contributed by atoms with Gasteiger partial charge in [0, 0.05) is 12.2 Å². The number of carboxylic acids is 1. The highest BCUT2D eigenvalue weighted by Crippen LogP contribution is 2.09. The average molecular weight is 179 g/mol. The quantitative estimate of drug-likeness (QED) is 0.719. The molecule has 0 atom stereocenters. The summed E-state index contributed by atoms with van der Waals surface area (Å²) in [7, 11) is 0. The second-order valence-corrected chi connectivity index (χ2v) is 2.89. The van der Waals surface area contributed by atoms with E-state index in [1.54, 1.807) is 16.7 Å². The summed E-state index contributed by atoms with van der Waals surface area (Å²) in [6, 6.07) is 3.44. The van der Waals surface area contributed by atoms with Crippen LogP contribution in [-0.4, -0.2) is 15.6 Å². The van der Waals surface area contributed by atoms with E-state index < -0.39 is 5.97 Å². The van der Waals surface area contributed by atoms with Crippen molar-refractivity contribution in [3.8, 4) is 0 Å². The van der Waals surface area contributed by atoms with Crippen molar-refractivity contribution in [2.75, 3.05) is 0 Å². The summed E-state index contributed by atoms with van der Waals surface area (Å²) in [5.74, 6) is -0.878. The molecule has 0 aliphatic heterocycles. The number of carboxylic acid groups (broad SMARTS) is 1. The van der Waals surface area contributed by atoms with Crippen LogP contribution in [0, 0.1) is 6.92 Å². The standard InChI is InChI=1S/C10H13NO2/c1-3-4-7-11-8(2)5-6-9(11)10(12)13/h3,5-6H,1,4,7H2,2H3,(H,12,13). The number of allylic oxidation sites excluding steroid dienone is 1. The molecule has 0 aliphatic rings. The van der Waals surface area contributed by atoms with Gasteiger partial charge in [0.25, 0.3) is 0 Å². The van der Waals surface area contributed by atoms with Crippen LogP contribution in [0.4, 0.5) is 0 Å². The van der Waals surface area contributed by atoms with Gasteiger partial charge in [-0.05, 0) is 25.5 Å². The first-order valence-electron chi connectivity index (χ1n) is 4.17. The van der Waals surface area contributed by atoms with Crippen molar-refractivity contribution in [2.45, 2.75) is 19.9 Å². The second-order valence-electron chi connectivity index (χ2n) is 2.89. The zero-order valence-electron chi connectivity index (χ0n) is 7.66. The smallest absolute Gasteiger partial charge is 0.352 e. The van der Waals surface area contributed by atoms with Crippen LogP contribution >= 0.6 is 0 Å². The highest BCUT2D eigenvalue weighted by atomic mass is 16.4. The van der Waals surface area contributed by atoms with Crippen LogP contribution in [0.15, 0.2) is 24.8 Å². The predicted octanol–water partition coefficient (Wildman–Crippen LogP) is 2.07. The van der Waals surface area contributed by atoms with E-state index >= 15 is 0 Å². The summed E-state index contributed by atoms with van der Waals surface area (Å²) in [6.07, 6.45) is 2.57. The Morgan fingerprint density at radius 1 is 1.69 bits per heavy atom. The minimum absolute atomic E-state index is 0.347. The van der Waals surface area contributed by atoms with Crippen molar-refractivity contribution < 1.29 is 9.90 Å². The van der Waals surface area contributed by atoms with Gasteiger partial charge in [-0.25, -0.2) is 4.79 Å². The maximum Gasteiger partial charge on any atom is 0.352 e. The number of aromatic carboxylic acids is 1. The lowest BCUT2D eigenvalue weighted by molar-refractivity contribution is 0.0685. The highest BCUT2D eigenvalue weighted by molar-refractivity contribution is 5.86. The van der Waals surface area contributed by atoms with Crippen molar-refractivity contribution in [2.24, 2.45) is 0 Å². The van der Waals surface area contributed by atoms with Gasteiger partial charge >= 0.3 is 5.97 Å². The first-order valence-corrected chi connectivity index (χ1v) is 4.17. The molecule has 0 aromatic carbocycles. The Labute approximate surface area is 77.3 Å². The lowest BCUT2D eigenvalue weighted by atomic mass is 10.4. The van der Waals surface area contributed by atoms with Gasteiger partial charge in [-0.15, -0.1) is 6.58 Å².